The predicted octanol–water partition coefficient (Wildman–Crippen LogP) is 2.96. The van der Waals surface area contributed by atoms with Crippen LogP contribution in [0.3, 0.4) is 0 Å². The average molecular weight is 259 g/mol. The van der Waals surface area contributed by atoms with Crippen LogP contribution in [0.5, 0.6) is 0 Å². The highest BCUT2D eigenvalue weighted by molar-refractivity contribution is 5.21. The summed E-state index contributed by atoms with van der Waals surface area (Å²) in [5.74, 6) is 1.50. The van der Waals surface area contributed by atoms with Gasteiger partial charge in [0, 0.05) is 13.0 Å². The summed E-state index contributed by atoms with van der Waals surface area (Å²) in [6.45, 7) is 5.77. The van der Waals surface area contributed by atoms with E-state index in [1.54, 1.807) is 0 Å². The maximum absolute atomic E-state index is 5.24. The molecule has 0 amide bonds. The number of hydrogen-bond donors (Lipinski definition) is 0. The summed E-state index contributed by atoms with van der Waals surface area (Å²) in [6, 6.07) is 8.58. The molecule has 102 valence electrons. The van der Waals surface area contributed by atoms with E-state index in [-0.39, 0.29) is 0 Å². The second kappa shape index (κ2) is 6.48. The Morgan fingerprint density at radius 1 is 1.16 bits per heavy atom. The summed E-state index contributed by atoms with van der Waals surface area (Å²) in [4.78, 5) is 6.55. The number of hydrogen-bond acceptors (Lipinski definition) is 4. The molecular formula is C15H21N3O. The van der Waals surface area contributed by atoms with Gasteiger partial charge in [0.1, 0.15) is 0 Å². The van der Waals surface area contributed by atoms with Crippen LogP contribution in [0.1, 0.15) is 36.2 Å². The first-order valence-electron chi connectivity index (χ1n) is 6.73. The molecule has 1 aromatic heterocycles. The fourth-order valence-electron chi connectivity index (χ4n) is 1.97. The van der Waals surface area contributed by atoms with Crippen LogP contribution in [0, 0.1) is 6.92 Å². The average Bonchev–Trinajstić information content (AvgIpc) is 2.80. The van der Waals surface area contributed by atoms with Crippen molar-refractivity contribution in [3.63, 3.8) is 0 Å². The molecule has 4 nitrogen and oxygen atoms in total. The van der Waals surface area contributed by atoms with Gasteiger partial charge in [0.05, 0.1) is 6.54 Å². The predicted molar refractivity (Wildman–Crippen MR) is 74.6 cm³/mol. The standard InChI is InChI=1S/C15H21N3O/c1-4-5-14-16-15(19-17-14)11-18(3)10-13-8-6-12(2)7-9-13/h6-9H,4-5,10-11H2,1-3H3. The molecule has 4 heteroatoms. The van der Waals surface area contributed by atoms with E-state index in [1.165, 1.54) is 11.1 Å². The Kier molecular flexibility index (Phi) is 4.68. The Bertz CT molecular complexity index is 504. The number of nitrogens with zero attached hydrogens (tertiary/aromatic N) is 3. The number of aromatic nitrogens is 2. The second-order valence-corrected chi connectivity index (χ2v) is 5.01. The third kappa shape index (κ3) is 4.17. The first kappa shape index (κ1) is 13.7. The highest BCUT2D eigenvalue weighted by Crippen LogP contribution is 2.09. The van der Waals surface area contributed by atoms with Crippen molar-refractivity contribution in [3.05, 3.63) is 47.1 Å². The van der Waals surface area contributed by atoms with Crippen LogP contribution in [-0.2, 0) is 19.5 Å². The van der Waals surface area contributed by atoms with E-state index in [2.05, 4.69) is 60.2 Å². The van der Waals surface area contributed by atoms with Gasteiger partial charge in [-0.2, -0.15) is 4.98 Å². The maximum atomic E-state index is 5.24. The Hall–Kier alpha value is -1.68. The van der Waals surface area contributed by atoms with Gasteiger partial charge in [-0.3, -0.25) is 4.90 Å². The number of rotatable bonds is 6. The summed E-state index contributed by atoms with van der Waals surface area (Å²) in [6.07, 6.45) is 1.92. The minimum atomic E-state index is 0.685. The lowest BCUT2D eigenvalue weighted by Crippen LogP contribution is -2.17. The molecule has 0 radical (unpaired) electrons. The zero-order valence-electron chi connectivity index (χ0n) is 11.9. The molecule has 1 heterocycles. The third-order valence-corrected chi connectivity index (χ3v) is 2.96. The summed E-state index contributed by atoms with van der Waals surface area (Å²) < 4.78 is 5.24. The normalized spacial score (nSPS) is 11.2. The summed E-state index contributed by atoms with van der Waals surface area (Å²) in [7, 11) is 2.06. The largest absolute Gasteiger partial charge is 0.338 e. The van der Waals surface area contributed by atoms with Crippen molar-refractivity contribution >= 4 is 0 Å². The highest BCUT2D eigenvalue weighted by Gasteiger charge is 2.08. The fourth-order valence-corrected chi connectivity index (χ4v) is 1.97. The van der Waals surface area contributed by atoms with E-state index in [0.29, 0.717) is 12.4 Å². The summed E-state index contributed by atoms with van der Waals surface area (Å²) >= 11 is 0. The van der Waals surface area contributed by atoms with Crippen molar-refractivity contribution in [3.8, 4) is 0 Å². The van der Waals surface area contributed by atoms with Crippen LogP contribution >= 0.6 is 0 Å². The van der Waals surface area contributed by atoms with Crippen LogP contribution in [-0.4, -0.2) is 22.1 Å². The zero-order valence-corrected chi connectivity index (χ0v) is 11.9. The van der Waals surface area contributed by atoms with Crippen molar-refractivity contribution in [1.82, 2.24) is 15.0 Å². The molecule has 0 unspecified atom stereocenters. The quantitative estimate of drug-likeness (QED) is 0.800. The van der Waals surface area contributed by atoms with E-state index in [9.17, 15) is 0 Å². The Morgan fingerprint density at radius 3 is 2.58 bits per heavy atom. The van der Waals surface area contributed by atoms with Gasteiger partial charge in [-0.05, 0) is 26.0 Å². The maximum Gasteiger partial charge on any atom is 0.240 e. The van der Waals surface area contributed by atoms with Crippen molar-refractivity contribution in [2.75, 3.05) is 7.05 Å². The van der Waals surface area contributed by atoms with Crippen molar-refractivity contribution < 1.29 is 4.52 Å². The van der Waals surface area contributed by atoms with Gasteiger partial charge < -0.3 is 4.52 Å². The van der Waals surface area contributed by atoms with Crippen molar-refractivity contribution in [2.45, 2.75) is 39.8 Å². The lowest BCUT2D eigenvalue weighted by molar-refractivity contribution is 0.260. The van der Waals surface area contributed by atoms with Gasteiger partial charge in [-0.1, -0.05) is 41.9 Å². The zero-order chi connectivity index (χ0) is 13.7. The van der Waals surface area contributed by atoms with Crippen LogP contribution in [0.25, 0.3) is 0 Å². The van der Waals surface area contributed by atoms with Gasteiger partial charge >= 0.3 is 0 Å². The molecule has 0 saturated carbocycles. The van der Waals surface area contributed by atoms with E-state index < -0.39 is 0 Å². The molecule has 0 bridgehead atoms. The molecule has 0 aliphatic carbocycles. The molecule has 0 aliphatic heterocycles. The molecule has 1 aromatic carbocycles. The van der Waals surface area contributed by atoms with Crippen LogP contribution in [0.2, 0.25) is 0 Å². The molecule has 19 heavy (non-hydrogen) atoms. The molecule has 0 aliphatic rings. The van der Waals surface area contributed by atoms with Gasteiger partial charge in [0.2, 0.25) is 5.89 Å². The molecule has 0 N–H and O–H groups in total. The Labute approximate surface area is 114 Å². The Balaban J connectivity index is 1.89. The molecule has 2 aromatic rings. The van der Waals surface area contributed by atoms with E-state index in [0.717, 1.165) is 25.2 Å². The van der Waals surface area contributed by atoms with Crippen molar-refractivity contribution in [2.24, 2.45) is 0 Å². The topological polar surface area (TPSA) is 42.2 Å². The fraction of sp³-hybridized carbons (Fsp3) is 0.467. The van der Waals surface area contributed by atoms with Crippen LogP contribution < -0.4 is 0 Å². The molecule has 2 rings (SSSR count). The monoisotopic (exact) mass is 259 g/mol. The van der Waals surface area contributed by atoms with Crippen LogP contribution in [0.15, 0.2) is 28.8 Å². The first-order chi connectivity index (χ1) is 9.17. The SMILES string of the molecule is CCCc1noc(CN(C)Cc2ccc(C)cc2)n1. The first-order valence-corrected chi connectivity index (χ1v) is 6.73. The van der Waals surface area contributed by atoms with E-state index in [4.69, 9.17) is 4.52 Å². The van der Waals surface area contributed by atoms with Gasteiger partial charge in [0.15, 0.2) is 5.82 Å². The summed E-state index contributed by atoms with van der Waals surface area (Å²) in [5, 5.41) is 3.96. The molecule has 0 atom stereocenters. The van der Waals surface area contributed by atoms with E-state index >= 15 is 0 Å². The van der Waals surface area contributed by atoms with Gasteiger partial charge in [0.25, 0.3) is 0 Å². The second-order valence-electron chi connectivity index (χ2n) is 5.01. The van der Waals surface area contributed by atoms with Crippen LogP contribution in [0.4, 0.5) is 0 Å². The lowest BCUT2D eigenvalue weighted by Gasteiger charge is -2.14. The number of benzene rings is 1. The number of aryl methyl sites for hydroxylation is 2. The Morgan fingerprint density at radius 2 is 1.89 bits per heavy atom. The minimum Gasteiger partial charge on any atom is -0.338 e. The molecular weight excluding hydrogens is 238 g/mol. The summed E-state index contributed by atoms with van der Waals surface area (Å²) in [5.41, 5.74) is 2.58. The minimum absolute atomic E-state index is 0.685. The van der Waals surface area contributed by atoms with Crippen molar-refractivity contribution in [1.29, 1.82) is 0 Å². The smallest absolute Gasteiger partial charge is 0.240 e. The lowest BCUT2D eigenvalue weighted by atomic mass is 10.1. The molecule has 0 spiro atoms. The van der Waals surface area contributed by atoms with Gasteiger partial charge in [-0.25, -0.2) is 0 Å². The van der Waals surface area contributed by atoms with E-state index in [1.807, 2.05) is 0 Å². The van der Waals surface area contributed by atoms with Gasteiger partial charge in [-0.15, -0.1) is 0 Å². The molecule has 0 fully saturated rings. The molecule has 0 saturated heterocycles. The third-order valence-electron chi connectivity index (χ3n) is 2.96. The highest BCUT2D eigenvalue weighted by atomic mass is 16.5.